The highest BCUT2D eigenvalue weighted by Gasteiger charge is 2.08. The van der Waals surface area contributed by atoms with Gasteiger partial charge in [0, 0.05) is 14.1 Å². The largest absolute Gasteiger partial charge is 0.482 e. The Morgan fingerprint density at radius 3 is 2.48 bits per heavy atom. The molecule has 5 nitrogen and oxygen atoms in total. The molecule has 0 atom stereocenters. The monoisotopic (exact) mass is 333 g/mol. The van der Waals surface area contributed by atoms with E-state index in [1.807, 2.05) is 24.3 Å². The first-order chi connectivity index (χ1) is 11.0. The van der Waals surface area contributed by atoms with Crippen molar-refractivity contribution in [2.45, 2.75) is 6.92 Å². The predicted octanol–water partition coefficient (Wildman–Crippen LogP) is 3.77. The number of hydrogen-bond donors (Lipinski definition) is 0. The van der Waals surface area contributed by atoms with Crippen molar-refractivity contribution in [2.75, 3.05) is 26.6 Å². The van der Waals surface area contributed by atoms with Gasteiger partial charge in [0.25, 0.3) is 5.24 Å². The number of fused-ring (bicyclic) bond motifs is 1. The highest BCUT2D eigenvalue weighted by molar-refractivity contribution is 8.13. The quantitative estimate of drug-likeness (QED) is 0.616. The van der Waals surface area contributed by atoms with Crippen LogP contribution in [-0.2, 0) is 4.74 Å². The summed E-state index contributed by atoms with van der Waals surface area (Å²) < 4.78 is 10.6. The molecule has 0 saturated carbocycles. The molecule has 23 heavy (non-hydrogen) atoms. The van der Waals surface area contributed by atoms with Gasteiger partial charge >= 0.3 is 5.97 Å². The van der Waals surface area contributed by atoms with Crippen LogP contribution in [-0.4, -0.2) is 42.7 Å². The van der Waals surface area contributed by atoms with Gasteiger partial charge in [0.15, 0.2) is 0 Å². The summed E-state index contributed by atoms with van der Waals surface area (Å²) in [5.41, 5.74) is 0.528. The average Bonchev–Trinajstić information content (AvgIpc) is 2.54. The molecule has 0 aromatic heterocycles. The molecule has 6 heteroatoms. The zero-order valence-corrected chi connectivity index (χ0v) is 14.2. The summed E-state index contributed by atoms with van der Waals surface area (Å²) in [6, 6.07) is 11.0. The molecular formula is C17H19NO4S. The smallest absolute Gasteiger partial charge is 0.338 e. The molecule has 1 amide bonds. The zero-order chi connectivity index (χ0) is 16.8. The van der Waals surface area contributed by atoms with Crippen LogP contribution >= 0.6 is 11.8 Å². The number of benzene rings is 2. The Labute approximate surface area is 139 Å². The summed E-state index contributed by atoms with van der Waals surface area (Å²) in [5, 5.41) is 1.84. The molecule has 0 saturated heterocycles. The number of amides is 1. The summed E-state index contributed by atoms with van der Waals surface area (Å²) in [5.74, 6) is 0.609. The maximum Gasteiger partial charge on any atom is 0.338 e. The molecular weight excluding hydrogens is 314 g/mol. The first-order valence-electron chi connectivity index (χ1n) is 7.19. The molecule has 2 rings (SSSR count). The fourth-order valence-electron chi connectivity index (χ4n) is 1.93. The molecule has 0 aliphatic rings. The predicted molar refractivity (Wildman–Crippen MR) is 92.1 cm³/mol. The van der Waals surface area contributed by atoms with Gasteiger partial charge in [-0.2, -0.15) is 0 Å². The Morgan fingerprint density at radius 1 is 1.09 bits per heavy atom. The van der Waals surface area contributed by atoms with Crippen LogP contribution in [0.1, 0.15) is 17.3 Å². The van der Waals surface area contributed by atoms with E-state index in [1.54, 1.807) is 33.2 Å². The van der Waals surface area contributed by atoms with Crippen molar-refractivity contribution in [3.8, 4) is 5.75 Å². The molecule has 0 bridgehead atoms. The van der Waals surface area contributed by atoms with Crippen molar-refractivity contribution in [1.82, 2.24) is 4.90 Å². The molecule has 0 radical (unpaired) electrons. The van der Waals surface area contributed by atoms with Crippen molar-refractivity contribution in [3.63, 3.8) is 0 Å². The van der Waals surface area contributed by atoms with Crippen LogP contribution in [0.25, 0.3) is 10.8 Å². The standard InChI is InChI=1S/C17H19NO4S/c1-4-21-16(19)14-6-5-13-10-15(8-7-12(13)9-14)22-11-23-17(20)18(2)3/h5-10H,4,11H2,1-3H3. The number of hydrogen-bond acceptors (Lipinski definition) is 5. The third-order valence-corrected chi connectivity index (χ3v) is 3.94. The lowest BCUT2D eigenvalue weighted by Gasteiger charge is -2.10. The van der Waals surface area contributed by atoms with Crippen LogP contribution in [0.3, 0.4) is 0 Å². The normalized spacial score (nSPS) is 10.4. The van der Waals surface area contributed by atoms with Crippen LogP contribution < -0.4 is 4.74 Å². The van der Waals surface area contributed by atoms with Gasteiger partial charge in [-0.15, -0.1) is 0 Å². The van der Waals surface area contributed by atoms with Crippen molar-refractivity contribution >= 4 is 33.7 Å². The fraction of sp³-hybridized carbons (Fsp3) is 0.294. The molecule has 0 spiro atoms. The van der Waals surface area contributed by atoms with Crippen molar-refractivity contribution in [2.24, 2.45) is 0 Å². The van der Waals surface area contributed by atoms with E-state index in [9.17, 15) is 9.59 Å². The van der Waals surface area contributed by atoms with E-state index in [1.165, 1.54) is 4.90 Å². The molecule has 0 N–H and O–H groups in total. The summed E-state index contributed by atoms with van der Waals surface area (Å²) >= 11 is 1.10. The van der Waals surface area contributed by atoms with Gasteiger partial charge in [0.2, 0.25) is 0 Å². The average molecular weight is 333 g/mol. The van der Waals surface area contributed by atoms with Gasteiger partial charge in [-0.05, 0) is 53.7 Å². The maximum absolute atomic E-state index is 11.7. The number of nitrogens with zero attached hydrogens (tertiary/aromatic N) is 1. The summed E-state index contributed by atoms with van der Waals surface area (Å²) in [6.45, 7) is 2.13. The zero-order valence-electron chi connectivity index (χ0n) is 13.4. The van der Waals surface area contributed by atoms with Gasteiger partial charge in [-0.3, -0.25) is 4.79 Å². The highest BCUT2D eigenvalue weighted by atomic mass is 32.2. The van der Waals surface area contributed by atoms with E-state index < -0.39 is 0 Å². The second-order valence-electron chi connectivity index (χ2n) is 5.01. The van der Waals surface area contributed by atoms with E-state index in [-0.39, 0.29) is 17.1 Å². The van der Waals surface area contributed by atoms with E-state index in [0.29, 0.717) is 17.9 Å². The Balaban J connectivity index is 2.06. The van der Waals surface area contributed by atoms with E-state index in [0.717, 1.165) is 22.5 Å². The van der Waals surface area contributed by atoms with Gasteiger partial charge in [0.05, 0.1) is 12.2 Å². The minimum absolute atomic E-state index is 0.0510. The Kier molecular flexibility index (Phi) is 5.87. The number of carbonyl (C=O) groups is 2. The van der Waals surface area contributed by atoms with E-state index >= 15 is 0 Å². The number of thioether (sulfide) groups is 1. The Hall–Kier alpha value is -2.21. The van der Waals surface area contributed by atoms with Gasteiger partial charge in [-0.25, -0.2) is 4.79 Å². The molecule has 0 fully saturated rings. The van der Waals surface area contributed by atoms with Gasteiger partial charge in [0.1, 0.15) is 11.7 Å². The molecule has 0 aliphatic heterocycles. The lowest BCUT2D eigenvalue weighted by molar-refractivity contribution is 0.0526. The Morgan fingerprint density at radius 2 is 1.78 bits per heavy atom. The van der Waals surface area contributed by atoms with E-state index in [4.69, 9.17) is 9.47 Å². The summed E-state index contributed by atoms with van der Waals surface area (Å²) in [4.78, 5) is 24.7. The molecule has 122 valence electrons. The second kappa shape index (κ2) is 7.87. The third-order valence-electron chi connectivity index (χ3n) is 3.10. The maximum atomic E-state index is 11.7. The number of rotatable bonds is 5. The number of esters is 1. The third kappa shape index (κ3) is 4.63. The molecule has 2 aromatic rings. The van der Waals surface area contributed by atoms with Crippen LogP contribution in [0.2, 0.25) is 0 Å². The Bertz CT molecular complexity index is 715. The minimum atomic E-state index is -0.326. The van der Waals surface area contributed by atoms with Crippen molar-refractivity contribution in [3.05, 3.63) is 42.0 Å². The topological polar surface area (TPSA) is 55.8 Å². The lowest BCUT2D eigenvalue weighted by atomic mass is 10.1. The molecule has 0 aliphatic carbocycles. The van der Waals surface area contributed by atoms with Crippen molar-refractivity contribution in [1.29, 1.82) is 0 Å². The SMILES string of the molecule is CCOC(=O)c1ccc2cc(OCSC(=O)N(C)C)ccc2c1. The fourth-order valence-corrected chi connectivity index (χ4v) is 2.49. The van der Waals surface area contributed by atoms with Crippen LogP contribution in [0.15, 0.2) is 36.4 Å². The molecule has 0 unspecified atom stereocenters. The van der Waals surface area contributed by atoms with Gasteiger partial charge < -0.3 is 14.4 Å². The lowest BCUT2D eigenvalue weighted by Crippen LogP contribution is -2.17. The second-order valence-corrected chi connectivity index (χ2v) is 5.88. The molecule has 2 aromatic carbocycles. The summed E-state index contributed by atoms with van der Waals surface area (Å²) in [7, 11) is 3.40. The molecule has 0 heterocycles. The van der Waals surface area contributed by atoms with Crippen LogP contribution in [0.4, 0.5) is 4.79 Å². The highest BCUT2D eigenvalue weighted by Crippen LogP contribution is 2.23. The van der Waals surface area contributed by atoms with Crippen LogP contribution in [0, 0.1) is 0 Å². The van der Waals surface area contributed by atoms with Crippen molar-refractivity contribution < 1.29 is 19.1 Å². The summed E-state index contributed by atoms with van der Waals surface area (Å²) in [6.07, 6.45) is 0. The van der Waals surface area contributed by atoms with E-state index in [2.05, 4.69) is 0 Å². The first kappa shape index (κ1) is 17.1. The number of ether oxygens (including phenoxy) is 2. The van der Waals surface area contributed by atoms with Crippen LogP contribution in [0.5, 0.6) is 5.75 Å². The van der Waals surface area contributed by atoms with Gasteiger partial charge in [-0.1, -0.05) is 12.1 Å². The minimum Gasteiger partial charge on any atom is -0.482 e. The number of carbonyl (C=O) groups excluding carboxylic acids is 2. The first-order valence-corrected chi connectivity index (χ1v) is 8.17.